The van der Waals surface area contributed by atoms with Crippen molar-refractivity contribution in [1.29, 1.82) is 0 Å². The number of aromatic nitrogens is 1. The van der Waals surface area contributed by atoms with Gasteiger partial charge in [0, 0.05) is 62.5 Å². The molecule has 0 amide bonds. The van der Waals surface area contributed by atoms with E-state index in [9.17, 15) is 5.11 Å². The Morgan fingerprint density at radius 3 is 1.89 bits per heavy atom. The standard InChI is InChI=1S/C38H29NOS4/c1-4-39-30-13-9-25(24-7-11-27(40)12-8-24)20-28(30)29-21-26(10-14-31(29)39)37-22(2)18-36(43-37)33-15-16-34(42-33)38-23(3)19-35(44-38)32-6-5-17-41-32/h5-21,40H,4H2,1-3H3. The smallest absolute Gasteiger partial charge is 0.115 e. The third kappa shape index (κ3) is 4.65. The SMILES string of the molecule is CCn1c2ccc(-c3ccc(O)cc3)cc2c2cc(-c3sc(-c4ccc(-c5sc(-c6cccs6)cc5C)s4)cc3C)ccc21. The number of phenols is 1. The van der Waals surface area contributed by atoms with E-state index in [1.807, 2.05) is 46.1 Å². The number of phenolic OH excluding ortho intramolecular Hbond substituents is 1. The lowest BCUT2D eigenvalue weighted by atomic mass is 10.0. The van der Waals surface area contributed by atoms with Gasteiger partial charge in [-0.3, -0.25) is 0 Å². The summed E-state index contributed by atoms with van der Waals surface area (Å²) in [5.41, 5.74) is 8.71. The van der Waals surface area contributed by atoms with Crippen LogP contribution in [0.5, 0.6) is 5.75 Å². The summed E-state index contributed by atoms with van der Waals surface area (Å²) < 4.78 is 2.41. The van der Waals surface area contributed by atoms with Crippen molar-refractivity contribution < 1.29 is 5.11 Å². The van der Waals surface area contributed by atoms with Crippen molar-refractivity contribution in [2.24, 2.45) is 0 Å². The first-order chi connectivity index (χ1) is 21.5. The molecule has 5 aromatic heterocycles. The largest absolute Gasteiger partial charge is 0.508 e. The molecule has 0 spiro atoms. The second-order valence-corrected chi connectivity index (χ2v) is 15.3. The molecule has 5 heterocycles. The first kappa shape index (κ1) is 27.6. The zero-order valence-electron chi connectivity index (χ0n) is 24.5. The second-order valence-electron chi connectivity index (χ2n) is 11.1. The monoisotopic (exact) mass is 643 g/mol. The molecule has 0 aliphatic heterocycles. The number of hydrogen-bond donors (Lipinski definition) is 1. The van der Waals surface area contributed by atoms with Crippen molar-refractivity contribution in [3.8, 4) is 56.6 Å². The highest BCUT2D eigenvalue weighted by Gasteiger charge is 2.17. The molecule has 8 aromatic rings. The molecule has 0 fully saturated rings. The fourth-order valence-electron chi connectivity index (χ4n) is 6.17. The summed E-state index contributed by atoms with van der Waals surface area (Å²) in [6.45, 7) is 7.60. The van der Waals surface area contributed by atoms with Gasteiger partial charge < -0.3 is 9.67 Å². The fourth-order valence-corrected chi connectivity index (χ4v) is 10.6. The number of benzene rings is 3. The van der Waals surface area contributed by atoms with Gasteiger partial charge in [0.15, 0.2) is 0 Å². The minimum atomic E-state index is 0.288. The van der Waals surface area contributed by atoms with Gasteiger partial charge in [-0.25, -0.2) is 0 Å². The van der Waals surface area contributed by atoms with Crippen LogP contribution in [-0.2, 0) is 6.54 Å². The van der Waals surface area contributed by atoms with E-state index < -0.39 is 0 Å². The van der Waals surface area contributed by atoms with Crippen molar-refractivity contribution in [3.05, 3.63) is 114 Å². The maximum atomic E-state index is 9.78. The Labute approximate surface area is 272 Å². The summed E-state index contributed by atoms with van der Waals surface area (Å²) in [5, 5.41) is 14.5. The molecule has 0 atom stereocenters. The normalized spacial score (nSPS) is 11.7. The van der Waals surface area contributed by atoms with Crippen LogP contribution in [0.3, 0.4) is 0 Å². The van der Waals surface area contributed by atoms with Crippen LogP contribution in [0.1, 0.15) is 18.1 Å². The zero-order valence-corrected chi connectivity index (χ0v) is 27.8. The highest BCUT2D eigenvalue weighted by atomic mass is 32.1. The van der Waals surface area contributed by atoms with Gasteiger partial charge >= 0.3 is 0 Å². The predicted molar refractivity (Wildman–Crippen MR) is 195 cm³/mol. The summed E-state index contributed by atoms with van der Waals surface area (Å²) in [4.78, 5) is 9.40. The lowest BCUT2D eigenvalue weighted by Gasteiger charge is -2.05. The van der Waals surface area contributed by atoms with E-state index in [-0.39, 0.29) is 5.75 Å². The number of aryl methyl sites for hydroxylation is 3. The maximum absolute atomic E-state index is 9.78. The number of nitrogens with zero attached hydrogens (tertiary/aromatic N) is 1. The summed E-state index contributed by atoms with van der Waals surface area (Å²) in [5.74, 6) is 0.288. The van der Waals surface area contributed by atoms with Crippen LogP contribution >= 0.6 is 45.3 Å². The lowest BCUT2D eigenvalue weighted by Crippen LogP contribution is -1.92. The van der Waals surface area contributed by atoms with Gasteiger partial charge in [-0.05, 0) is 121 Å². The molecule has 3 aromatic carbocycles. The molecule has 0 saturated heterocycles. The van der Waals surface area contributed by atoms with Gasteiger partial charge in [0.25, 0.3) is 0 Å². The van der Waals surface area contributed by atoms with Crippen molar-refractivity contribution in [1.82, 2.24) is 4.57 Å². The highest BCUT2D eigenvalue weighted by molar-refractivity contribution is 7.29. The number of rotatable bonds is 6. The van der Waals surface area contributed by atoms with Crippen molar-refractivity contribution in [2.45, 2.75) is 27.3 Å². The van der Waals surface area contributed by atoms with E-state index in [1.54, 1.807) is 23.5 Å². The first-order valence-corrected chi connectivity index (χ1v) is 18.0. The van der Waals surface area contributed by atoms with Crippen LogP contribution in [0.4, 0.5) is 0 Å². The van der Waals surface area contributed by atoms with Gasteiger partial charge in [-0.2, -0.15) is 0 Å². The Kier molecular flexibility index (Phi) is 6.83. The molecule has 216 valence electrons. The van der Waals surface area contributed by atoms with Crippen molar-refractivity contribution in [2.75, 3.05) is 0 Å². The molecule has 2 nitrogen and oxygen atoms in total. The van der Waals surface area contributed by atoms with Crippen molar-refractivity contribution in [3.63, 3.8) is 0 Å². The number of hydrogen-bond acceptors (Lipinski definition) is 5. The Morgan fingerprint density at radius 1 is 0.568 bits per heavy atom. The van der Waals surface area contributed by atoms with Gasteiger partial charge in [0.1, 0.15) is 5.75 Å². The molecule has 0 bridgehead atoms. The highest BCUT2D eigenvalue weighted by Crippen LogP contribution is 2.47. The van der Waals surface area contributed by atoms with E-state index >= 15 is 0 Å². The third-order valence-electron chi connectivity index (χ3n) is 8.32. The van der Waals surface area contributed by atoms with Crippen molar-refractivity contribution >= 4 is 67.2 Å². The van der Waals surface area contributed by atoms with Gasteiger partial charge in [0.2, 0.25) is 0 Å². The van der Waals surface area contributed by atoms with Gasteiger partial charge in [0.05, 0.1) is 0 Å². The Morgan fingerprint density at radius 2 is 1.18 bits per heavy atom. The van der Waals surface area contributed by atoms with E-state index in [1.165, 1.54) is 72.6 Å². The van der Waals surface area contributed by atoms with Crippen LogP contribution in [0, 0.1) is 13.8 Å². The van der Waals surface area contributed by atoms with E-state index in [0.29, 0.717) is 0 Å². The van der Waals surface area contributed by atoms with E-state index in [0.717, 1.165) is 17.7 Å². The average molecular weight is 644 g/mol. The van der Waals surface area contributed by atoms with Gasteiger partial charge in [-0.1, -0.05) is 30.3 Å². The molecule has 1 N–H and O–H groups in total. The molecule has 44 heavy (non-hydrogen) atoms. The molecule has 0 aliphatic carbocycles. The second kappa shape index (κ2) is 10.9. The van der Waals surface area contributed by atoms with E-state index in [4.69, 9.17) is 0 Å². The topological polar surface area (TPSA) is 25.2 Å². The minimum absolute atomic E-state index is 0.288. The Hall–Kier alpha value is -3.94. The Balaban J connectivity index is 1.17. The maximum Gasteiger partial charge on any atom is 0.115 e. The van der Waals surface area contributed by atoms with Crippen LogP contribution in [0.2, 0.25) is 0 Å². The molecule has 6 heteroatoms. The number of aromatic hydroxyl groups is 1. The zero-order chi connectivity index (χ0) is 29.9. The van der Waals surface area contributed by atoms with Crippen LogP contribution in [-0.4, -0.2) is 9.67 Å². The summed E-state index contributed by atoms with van der Waals surface area (Å²) in [6.07, 6.45) is 0. The lowest BCUT2D eigenvalue weighted by molar-refractivity contribution is 0.475. The molecular formula is C38H29NOS4. The van der Waals surface area contributed by atoms with Crippen LogP contribution < -0.4 is 0 Å². The van der Waals surface area contributed by atoms with Gasteiger partial charge in [-0.15, -0.1) is 45.3 Å². The Bertz CT molecular complexity index is 2290. The minimum Gasteiger partial charge on any atom is -0.508 e. The molecule has 8 rings (SSSR count). The predicted octanol–water partition coefficient (Wildman–Crippen LogP) is 12.7. The first-order valence-electron chi connectivity index (χ1n) is 14.7. The summed E-state index contributed by atoms with van der Waals surface area (Å²) >= 11 is 7.50. The number of thiophene rings is 4. The van der Waals surface area contributed by atoms with E-state index in [2.05, 4.69) is 104 Å². The summed E-state index contributed by atoms with van der Waals surface area (Å²) in [6, 6.07) is 34.8. The molecule has 0 unspecified atom stereocenters. The van der Waals surface area contributed by atoms with Crippen LogP contribution in [0.25, 0.3) is 72.6 Å². The third-order valence-corrected chi connectivity index (χ3v) is 13.4. The molecular weight excluding hydrogens is 615 g/mol. The summed E-state index contributed by atoms with van der Waals surface area (Å²) in [7, 11) is 0. The van der Waals surface area contributed by atoms with Crippen LogP contribution in [0.15, 0.2) is 102 Å². The number of fused-ring (bicyclic) bond motifs is 3. The molecule has 0 aliphatic rings. The fraction of sp³-hybridized carbons (Fsp3) is 0.105. The quantitative estimate of drug-likeness (QED) is 0.192. The average Bonchev–Trinajstić information content (AvgIpc) is 3.87. The molecule has 0 saturated carbocycles. The molecule has 0 radical (unpaired) electrons.